The topological polar surface area (TPSA) is 41.1 Å². The molecule has 1 aliphatic heterocycles. The van der Waals surface area contributed by atoms with E-state index in [1.165, 1.54) is 5.56 Å². The predicted octanol–water partition coefficient (Wildman–Crippen LogP) is 1.86. The third-order valence-electron chi connectivity index (χ3n) is 3.00. The van der Waals surface area contributed by atoms with Gasteiger partial charge in [-0.2, -0.15) is 0 Å². The lowest BCUT2D eigenvalue weighted by Gasteiger charge is -2.11. The number of hydrogen-bond acceptors (Lipinski definition) is 2. The molecule has 2 N–H and O–H groups in total. The van der Waals surface area contributed by atoms with Crippen LogP contribution in [0.5, 0.6) is 0 Å². The molecular formula is C13H17BrN2O. The number of carbonyl (C=O) groups is 1. The molecule has 1 aromatic carbocycles. The van der Waals surface area contributed by atoms with E-state index in [0.29, 0.717) is 12.5 Å². The van der Waals surface area contributed by atoms with E-state index in [0.717, 1.165) is 30.4 Å². The monoisotopic (exact) mass is 296 g/mol. The summed E-state index contributed by atoms with van der Waals surface area (Å²) in [5.74, 6) is 0.148. The molecule has 1 aromatic rings. The maximum atomic E-state index is 11.7. The number of carbonyl (C=O) groups excluding carboxylic acids is 1. The zero-order chi connectivity index (χ0) is 12.1. The standard InChI is InChI=1S/C13H17BrN2O/c14-12-4-2-1-3-10(12)5-6-13(17)16-11-7-8-15-9-11/h1-4,11,15H,5-9H2,(H,16,17). The molecule has 0 radical (unpaired) electrons. The Morgan fingerprint density at radius 2 is 2.29 bits per heavy atom. The van der Waals surface area contributed by atoms with E-state index < -0.39 is 0 Å². The average molecular weight is 297 g/mol. The quantitative estimate of drug-likeness (QED) is 0.890. The summed E-state index contributed by atoms with van der Waals surface area (Å²) in [5.41, 5.74) is 1.19. The van der Waals surface area contributed by atoms with Crippen molar-refractivity contribution in [3.63, 3.8) is 0 Å². The Morgan fingerprint density at radius 1 is 1.47 bits per heavy atom. The van der Waals surface area contributed by atoms with Crippen molar-refractivity contribution >= 4 is 21.8 Å². The largest absolute Gasteiger partial charge is 0.352 e. The van der Waals surface area contributed by atoms with Crippen molar-refractivity contribution in [1.82, 2.24) is 10.6 Å². The molecule has 1 aliphatic rings. The molecule has 3 nitrogen and oxygen atoms in total. The highest BCUT2D eigenvalue weighted by atomic mass is 79.9. The first-order chi connectivity index (χ1) is 8.25. The van der Waals surface area contributed by atoms with E-state index in [2.05, 4.69) is 32.6 Å². The van der Waals surface area contributed by atoms with E-state index in [9.17, 15) is 4.79 Å². The summed E-state index contributed by atoms with van der Waals surface area (Å²) in [6.45, 7) is 1.91. The van der Waals surface area contributed by atoms with E-state index in [1.54, 1.807) is 0 Å². The van der Waals surface area contributed by atoms with Gasteiger partial charge in [-0.05, 0) is 31.0 Å². The molecule has 0 aromatic heterocycles. The fourth-order valence-electron chi connectivity index (χ4n) is 2.03. The molecule has 1 unspecified atom stereocenters. The molecule has 0 aliphatic carbocycles. The SMILES string of the molecule is O=C(CCc1ccccc1Br)NC1CCNC1. The third kappa shape index (κ3) is 3.82. The zero-order valence-corrected chi connectivity index (χ0v) is 11.3. The molecule has 0 bridgehead atoms. The summed E-state index contributed by atoms with van der Waals surface area (Å²) < 4.78 is 1.08. The highest BCUT2D eigenvalue weighted by Crippen LogP contribution is 2.17. The summed E-state index contributed by atoms with van der Waals surface area (Å²) in [4.78, 5) is 11.7. The first-order valence-corrected chi connectivity index (χ1v) is 6.78. The summed E-state index contributed by atoms with van der Waals surface area (Å²) in [5, 5.41) is 6.29. The predicted molar refractivity (Wildman–Crippen MR) is 71.9 cm³/mol. The second-order valence-corrected chi connectivity index (χ2v) is 5.20. The van der Waals surface area contributed by atoms with Crippen LogP contribution >= 0.6 is 15.9 Å². The fraction of sp³-hybridized carbons (Fsp3) is 0.462. The van der Waals surface area contributed by atoms with E-state index >= 15 is 0 Å². The van der Waals surface area contributed by atoms with Crippen LogP contribution in [0.2, 0.25) is 0 Å². The van der Waals surface area contributed by atoms with Crippen LogP contribution in [0.1, 0.15) is 18.4 Å². The van der Waals surface area contributed by atoms with Crippen LogP contribution in [0.15, 0.2) is 28.7 Å². The molecule has 92 valence electrons. The van der Waals surface area contributed by atoms with Crippen molar-refractivity contribution < 1.29 is 4.79 Å². The van der Waals surface area contributed by atoms with Crippen molar-refractivity contribution in [3.8, 4) is 0 Å². The number of benzene rings is 1. The van der Waals surface area contributed by atoms with Crippen LogP contribution in [0.3, 0.4) is 0 Å². The van der Waals surface area contributed by atoms with Crippen LogP contribution in [0.4, 0.5) is 0 Å². The molecule has 1 fully saturated rings. The zero-order valence-electron chi connectivity index (χ0n) is 9.71. The number of rotatable bonds is 4. The highest BCUT2D eigenvalue weighted by Gasteiger charge is 2.16. The Labute approximate surface area is 110 Å². The van der Waals surface area contributed by atoms with Crippen LogP contribution in [-0.4, -0.2) is 25.0 Å². The molecule has 0 spiro atoms. The Balaban J connectivity index is 1.77. The lowest BCUT2D eigenvalue weighted by atomic mass is 10.1. The van der Waals surface area contributed by atoms with Gasteiger partial charge >= 0.3 is 0 Å². The lowest BCUT2D eigenvalue weighted by molar-refractivity contribution is -0.121. The Kier molecular flexibility index (Phi) is 4.57. The maximum absolute atomic E-state index is 11.7. The van der Waals surface area contributed by atoms with Gasteiger partial charge in [-0.25, -0.2) is 0 Å². The number of nitrogens with one attached hydrogen (secondary N) is 2. The average Bonchev–Trinajstić information content (AvgIpc) is 2.81. The summed E-state index contributed by atoms with van der Waals surface area (Å²) >= 11 is 3.49. The van der Waals surface area contributed by atoms with Crippen LogP contribution in [0.25, 0.3) is 0 Å². The molecular weight excluding hydrogens is 280 g/mol. The van der Waals surface area contributed by atoms with Crippen molar-refractivity contribution in [2.75, 3.05) is 13.1 Å². The molecule has 17 heavy (non-hydrogen) atoms. The Bertz CT molecular complexity index is 389. The van der Waals surface area contributed by atoms with Gasteiger partial charge in [0.2, 0.25) is 5.91 Å². The second-order valence-electron chi connectivity index (χ2n) is 4.35. The summed E-state index contributed by atoms with van der Waals surface area (Å²) in [6.07, 6.45) is 2.38. The Morgan fingerprint density at radius 3 is 3.00 bits per heavy atom. The van der Waals surface area contributed by atoms with Gasteiger partial charge in [-0.15, -0.1) is 0 Å². The van der Waals surface area contributed by atoms with Crippen LogP contribution < -0.4 is 10.6 Å². The van der Waals surface area contributed by atoms with Gasteiger partial charge in [0.25, 0.3) is 0 Å². The molecule has 2 rings (SSSR count). The smallest absolute Gasteiger partial charge is 0.220 e. The molecule has 1 saturated heterocycles. The van der Waals surface area contributed by atoms with Gasteiger partial charge in [-0.3, -0.25) is 4.79 Å². The van der Waals surface area contributed by atoms with Crippen LogP contribution in [-0.2, 0) is 11.2 Å². The molecule has 4 heteroatoms. The number of hydrogen-bond donors (Lipinski definition) is 2. The molecule has 0 saturated carbocycles. The molecule has 1 amide bonds. The first-order valence-electron chi connectivity index (χ1n) is 5.99. The number of halogens is 1. The van der Waals surface area contributed by atoms with Crippen molar-refractivity contribution in [2.24, 2.45) is 0 Å². The van der Waals surface area contributed by atoms with Gasteiger partial charge in [0.05, 0.1) is 0 Å². The van der Waals surface area contributed by atoms with E-state index in [-0.39, 0.29) is 5.91 Å². The van der Waals surface area contributed by atoms with Gasteiger partial charge in [-0.1, -0.05) is 34.1 Å². The third-order valence-corrected chi connectivity index (χ3v) is 3.78. The van der Waals surface area contributed by atoms with Crippen LogP contribution in [0, 0.1) is 0 Å². The minimum atomic E-state index is 0.148. The Hall–Kier alpha value is -0.870. The fourth-order valence-corrected chi connectivity index (χ4v) is 2.51. The molecule has 1 heterocycles. The second kappa shape index (κ2) is 6.17. The van der Waals surface area contributed by atoms with E-state index in [4.69, 9.17) is 0 Å². The molecule has 1 atom stereocenters. The number of aryl methyl sites for hydroxylation is 1. The van der Waals surface area contributed by atoms with E-state index in [1.807, 2.05) is 18.2 Å². The lowest BCUT2D eigenvalue weighted by Crippen LogP contribution is -2.36. The normalized spacial score (nSPS) is 19.2. The highest BCUT2D eigenvalue weighted by molar-refractivity contribution is 9.10. The number of amides is 1. The maximum Gasteiger partial charge on any atom is 0.220 e. The van der Waals surface area contributed by atoms with Crippen molar-refractivity contribution in [1.29, 1.82) is 0 Å². The minimum absolute atomic E-state index is 0.148. The van der Waals surface area contributed by atoms with Crippen molar-refractivity contribution in [2.45, 2.75) is 25.3 Å². The minimum Gasteiger partial charge on any atom is -0.352 e. The van der Waals surface area contributed by atoms with Gasteiger partial charge < -0.3 is 10.6 Å². The van der Waals surface area contributed by atoms with Gasteiger partial charge in [0.15, 0.2) is 0 Å². The summed E-state index contributed by atoms with van der Waals surface area (Å²) in [7, 11) is 0. The van der Waals surface area contributed by atoms with Crippen molar-refractivity contribution in [3.05, 3.63) is 34.3 Å². The van der Waals surface area contributed by atoms with Gasteiger partial charge in [0, 0.05) is 23.5 Å². The first kappa shape index (κ1) is 12.6. The van der Waals surface area contributed by atoms with Gasteiger partial charge in [0.1, 0.15) is 0 Å². The summed E-state index contributed by atoms with van der Waals surface area (Å²) in [6, 6.07) is 8.36.